The molecule has 1 aliphatic carbocycles. The van der Waals surface area contributed by atoms with Crippen LogP contribution in [-0.4, -0.2) is 5.78 Å². The zero-order chi connectivity index (χ0) is 10.7. The van der Waals surface area contributed by atoms with Crippen LogP contribution >= 0.6 is 0 Å². The molecular weight excluding hydrogens is 184 g/mol. The number of fused-ring (bicyclic) bond motifs is 1. The standard InChI is InChI=1S/C14H16O/c1-2-13(15)10-12-8-5-7-11-6-3-4-9-14(11)12/h4-5,7-9H,2-3,6,10H2,1H3. The smallest absolute Gasteiger partial charge is 0.137 e. The number of allylic oxidation sites excluding steroid dienone is 1. The lowest BCUT2D eigenvalue weighted by atomic mass is 9.91. The van der Waals surface area contributed by atoms with E-state index in [1.165, 1.54) is 16.7 Å². The maximum absolute atomic E-state index is 11.4. The van der Waals surface area contributed by atoms with Gasteiger partial charge in [-0.2, -0.15) is 0 Å². The molecule has 0 N–H and O–H groups in total. The van der Waals surface area contributed by atoms with Gasteiger partial charge in [0.15, 0.2) is 0 Å². The van der Waals surface area contributed by atoms with E-state index in [0.29, 0.717) is 18.6 Å². The van der Waals surface area contributed by atoms with E-state index < -0.39 is 0 Å². The summed E-state index contributed by atoms with van der Waals surface area (Å²) in [5.74, 6) is 0.322. The minimum atomic E-state index is 0.322. The summed E-state index contributed by atoms with van der Waals surface area (Å²) in [5, 5.41) is 0. The first-order valence-corrected chi connectivity index (χ1v) is 5.60. The molecule has 1 heteroatoms. The molecule has 0 heterocycles. The quantitative estimate of drug-likeness (QED) is 0.732. The average molecular weight is 200 g/mol. The highest BCUT2D eigenvalue weighted by Crippen LogP contribution is 2.23. The van der Waals surface area contributed by atoms with Crippen LogP contribution in [-0.2, 0) is 17.6 Å². The summed E-state index contributed by atoms with van der Waals surface area (Å²) in [6.45, 7) is 1.92. The lowest BCUT2D eigenvalue weighted by Gasteiger charge is -2.14. The third kappa shape index (κ3) is 2.17. The molecule has 0 amide bonds. The molecule has 0 atom stereocenters. The molecule has 2 rings (SSSR count). The molecule has 78 valence electrons. The van der Waals surface area contributed by atoms with E-state index in [0.717, 1.165) is 12.8 Å². The zero-order valence-corrected chi connectivity index (χ0v) is 9.12. The number of ketones is 1. The van der Waals surface area contributed by atoms with E-state index in [1.807, 2.05) is 6.92 Å². The highest BCUT2D eigenvalue weighted by molar-refractivity contribution is 5.82. The first kappa shape index (κ1) is 10.2. The topological polar surface area (TPSA) is 17.1 Å². The summed E-state index contributed by atoms with van der Waals surface area (Å²) in [6, 6.07) is 6.30. The highest BCUT2D eigenvalue weighted by Gasteiger charge is 2.10. The van der Waals surface area contributed by atoms with E-state index in [4.69, 9.17) is 0 Å². The average Bonchev–Trinajstić information content (AvgIpc) is 2.29. The Labute approximate surface area is 90.8 Å². The van der Waals surface area contributed by atoms with Crippen LogP contribution < -0.4 is 0 Å². The molecule has 15 heavy (non-hydrogen) atoms. The minimum Gasteiger partial charge on any atom is -0.299 e. The molecule has 1 aromatic rings. The summed E-state index contributed by atoms with van der Waals surface area (Å²) in [4.78, 5) is 11.4. The van der Waals surface area contributed by atoms with Crippen LogP contribution in [0.15, 0.2) is 24.3 Å². The van der Waals surface area contributed by atoms with Gasteiger partial charge in [0.25, 0.3) is 0 Å². The molecule has 0 saturated heterocycles. The minimum absolute atomic E-state index is 0.322. The van der Waals surface area contributed by atoms with E-state index in [2.05, 4.69) is 30.4 Å². The van der Waals surface area contributed by atoms with Gasteiger partial charge in [-0.05, 0) is 29.5 Å². The Morgan fingerprint density at radius 2 is 2.27 bits per heavy atom. The molecule has 0 radical (unpaired) electrons. The molecule has 1 nitrogen and oxygen atoms in total. The third-order valence-corrected chi connectivity index (χ3v) is 2.93. The summed E-state index contributed by atoms with van der Waals surface area (Å²) in [6.07, 6.45) is 7.81. The Bertz CT molecular complexity index is 402. The number of hydrogen-bond donors (Lipinski definition) is 0. The van der Waals surface area contributed by atoms with Gasteiger partial charge >= 0.3 is 0 Å². The van der Waals surface area contributed by atoms with Crippen molar-refractivity contribution in [1.29, 1.82) is 0 Å². The maximum atomic E-state index is 11.4. The molecule has 1 aliphatic rings. The van der Waals surface area contributed by atoms with Gasteiger partial charge in [-0.25, -0.2) is 0 Å². The van der Waals surface area contributed by atoms with Crippen molar-refractivity contribution in [2.75, 3.05) is 0 Å². The van der Waals surface area contributed by atoms with Crippen molar-refractivity contribution in [2.24, 2.45) is 0 Å². The second-order valence-electron chi connectivity index (χ2n) is 4.00. The van der Waals surface area contributed by atoms with Crippen molar-refractivity contribution in [3.8, 4) is 0 Å². The fourth-order valence-corrected chi connectivity index (χ4v) is 2.03. The third-order valence-electron chi connectivity index (χ3n) is 2.93. The van der Waals surface area contributed by atoms with Crippen molar-refractivity contribution in [1.82, 2.24) is 0 Å². The first-order valence-electron chi connectivity index (χ1n) is 5.60. The van der Waals surface area contributed by atoms with Gasteiger partial charge in [-0.3, -0.25) is 4.79 Å². The van der Waals surface area contributed by atoms with Crippen molar-refractivity contribution in [3.63, 3.8) is 0 Å². The van der Waals surface area contributed by atoms with E-state index in [-0.39, 0.29) is 0 Å². The van der Waals surface area contributed by atoms with Gasteiger partial charge in [0.05, 0.1) is 0 Å². The SMILES string of the molecule is CCC(=O)Cc1cccc2c1C=CCC2. The van der Waals surface area contributed by atoms with E-state index >= 15 is 0 Å². The molecule has 1 aromatic carbocycles. The summed E-state index contributed by atoms with van der Waals surface area (Å²) in [5.41, 5.74) is 3.86. The summed E-state index contributed by atoms with van der Waals surface area (Å²) < 4.78 is 0. The first-order chi connectivity index (χ1) is 7.31. The van der Waals surface area contributed by atoms with Crippen LogP contribution in [0, 0.1) is 0 Å². The fourth-order valence-electron chi connectivity index (χ4n) is 2.03. The van der Waals surface area contributed by atoms with Gasteiger partial charge in [0, 0.05) is 12.8 Å². The number of Topliss-reactive ketones (excluding diaryl/α,β-unsaturated/α-hetero) is 1. The Kier molecular flexibility index (Phi) is 3.00. The Balaban J connectivity index is 2.32. The maximum Gasteiger partial charge on any atom is 0.137 e. The van der Waals surface area contributed by atoms with E-state index in [1.54, 1.807) is 0 Å². The molecule has 0 unspecified atom stereocenters. The van der Waals surface area contributed by atoms with Crippen LogP contribution in [0.4, 0.5) is 0 Å². The molecule has 0 aliphatic heterocycles. The van der Waals surface area contributed by atoms with Gasteiger partial charge in [0.2, 0.25) is 0 Å². The van der Waals surface area contributed by atoms with Crippen molar-refractivity contribution < 1.29 is 4.79 Å². The van der Waals surface area contributed by atoms with Crippen LogP contribution in [0.3, 0.4) is 0 Å². The fraction of sp³-hybridized carbons (Fsp3) is 0.357. The van der Waals surface area contributed by atoms with Gasteiger partial charge < -0.3 is 0 Å². The predicted molar refractivity (Wildman–Crippen MR) is 62.8 cm³/mol. The number of rotatable bonds is 3. The molecular formula is C14H16O. The molecule has 0 bridgehead atoms. The zero-order valence-electron chi connectivity index (χ0n) is 9.12. The Morgan fingerprint density at radius 3 is 3.07 bits per heavy atom. The van der Waals surface area contributed by atoms with Crippen molar-refractivity contribution in [2.45, 2.75) is 32.6 Å². The number of aryl methyl sites for hydroxylation is 1. The van der Waals surface area contributed by atoms with E-state index in [9.17, 15) is 4.79 Å². The number of hydrogen-bond acceptors (Lipinski definition) is 1. The predicted octanol–water partition coefficient (Wildman–Crippen LogP) is 3.17. The summed E-state index contributed by atoms with van der Waals surface area (Å²) in [7, 11) is 0. The number of carbonyl (C=O) groups excluding carboxylic acids is 1. The molecule has 0 spiro atoms. The Hall–Kier alpha value is -1.37. The summed E-state index contributed by atoms with van der Waals surface area (Å²) >= 11 is 0. The molecule has 0 fully saturated rings. The van der Waals surface area contributed by atoms with Crippen LogP contribution in [0.25, 0.3) is 6.08 Å². The van der Waals surface area contributed by atoms with Crippen LogP contribution in [0.5, 0.6) is 0 Å². The van der Waals surface area contributed by atoms with Crippen LogP contribution in [0.1, 0.15) is 36.5 Å². The second-order valence-corrected chi connectivity index (χ2v) is 4.00. The lowest BCUT2D eigenvalue weighted by molar-refractivity contribution is -0.118. The number of benzene rings is 1. The van der Waals surface area contributed by atoms with Crippen LogP contribution in [0.2, 0.25) is 0 Å². The molecule has 0 aromatic heterocycles. The normalized spacial score (nSPS) is 13.7. The molecule has 0 saturated carbocycles. The van der Waals surface area contributed by atoms with Gasteiger partial charge in [-0.15, -0.1) is 0 Å². The monoisotopic (exact) mass is 200 g/mol. The number of carbonyl (C=O) groups is 1. The second kappa shape index (κ2) is 4.43. The van der Waals surface area contributed by atoms with Crippen molar-refractivity contribution in [3.05, 3.63) is 41.0 Å². The van der Waals surface area contributed by atoms with Crippen molar-refractivity contribution >= 4 is 11.9 Å². The largest absolute Gasteiger partial charge is 0.299 e. The van der Waals surface area contributed by atoms with Gasteiger partial charge in [-0.1, -0.05) is 37.3 Å². The van der Waals surface area contributed by atoms with Gasteiger partial charge in [0.1, 0.15) is 5.78 Å². The lowest BCUT2D eigenvalue weighted by Crippen LogP contribution is -2.05. The Morgan fingerprint density at radius 1 is 1.40 bits per heavy atom. The highest BCUT2D eigenvalue weighted by atomic mass is 16.1.